The van der Waals surface area contributed by atoms with E-state index in [1.807, 2.05) is 0 Å². The van der Waals surface area contributed by atoms with Crippen LogP contribution < -0.4 is 0 Å². The minimum Gasteiger partial charge on any atom is -0.361 e. The topological polar surface area (TPSA) is 26.0 Å². The maximum Gasteiger partial charge on any atom is 0.143 e. The average molecular weight is 244 g/mol. The van der Waals surface area contributed by atoms with Gasteiger partial charge in [0.05, 0.1) is 5.69 Å². The van der Waals surface area contributed by atoms with Gasteiger partial charge in [0.2, 0.25) is 0 Å². The summed E-state index contributed by atoms with van der Waals surface area (Å²) in [7, 11) is 0. The molecule has 2 rings (SSSR count). The van der Waals surface area contributed by atoms with Crippen molar-refractivity contribution in [2.24, 2.45) is 0 Å². The highest BCUT2D eigenvalue weighted by atomic mass is 79.9. The highest BCUT2D eigenvalue weighted by Gasteiger charge is 2.24. The lowest BCUT2D eigenvalue weighted by atomic mass is 10.0. The minimum absolute atomic E-state index is 0.639. The standard InChI is InChI=1S/C10H14BrNO/c1-7-9(6-11)12-13-10(7)8-4-2-3-5-8/h8H,2-6H2,1H3. The van der Waals surface area contributed by atoms with Gasteiger partial charge in [0, 0.05) is 16.8 Å². The molecule has 1 aliphatic carbocycles. The lowest BCUT2D eigenvalue weighted by Crippen LogP contribution is -1.92. The first-order valence-electron chi connectivity index (χ1n) is 4.84. The first-order valence-corrected chi connectivity index (χ1v) is 5.96. The Morgan fingerprint density at radius 2 is 2.15 bits per heavy atom. The molecule has 0 unspecified atom stereocenters. The van der Waals surface area contributed by atoms with Gasteiger partial charge in [-0.3, -0.25) is 0 Å². The molecule has 0 radical (unpaired) electrons. The van der Waals surface area contributed by atoms with Crippen LogP contribution in [0.15, 0.2) is 4.52 Å². The second-order valence-corrected chi connectivity index (χ2v) is 4.29. The molecule has 1 saturated carbocycles. The normalized spacial score (nSPS) is 18.3. The molecule has 0 spiro atoms. The van der Waals surface area contributed by atoms with Crippen molar-refractivity contribution in [3.05, 3.63) is 17.0 Å². The highest BCUT2D eigenvalue weighted by Crippen LogP contribution is 2.36. The summed E-state index contributed by atoms with van der Waals surface area (Å²) in [6.45, 7) is 2.11. The van der Waals surface area contributed by atoms with E-state index in [0.29, 0.717) is 5.92 Å². The molecule has 1 fully saturated rings. The number of halogens is 1. The molecule has 2 nitrogen and oxygen atoms in total. The number of hydrogen-bond acceptors (Lipinski definition) is 2. The molecule has 0 N–H and O–H groups in total. The van der Waals surface area contributed by atoms with E-state index < -0.39 is 0 Å². The SMILES string of the molecule is Cc1c(CBr)noc1C1CCCC1. The van der Waals surface area contributed by atoms with Crippen LogP contribution in [0.3, 0.4) is 0 Å². The Kier molecular flexibility index (Phi) is 2.72. The first kappa shape index (κ1) is 9.25. The van der Waals surface area contributed by atoms with Gasteiger partial charge in [0.25, 0.3) is 0 Å². The van der Waals surface area contributed by atoms with E-state index in [1.54, 1.807) is 0 Å². The summed E-state index contributed by atoms with van der Waals surface area (Å²) in [6, 6.07) is 0. The van der Waals surface area contributed by atoms with Gasteiger partial charge in [-0.2, -0.15) is 0 Å². The molecule has 3 heteroatoms. The van der Waals surface area contributed by atoms with E-state index in [-0.39, 0.29) is 0 Å². The van der Waals surface area contributed by atoms with Crippen molar-refractivity contribution in [2.75, 3.05) is 0 Å². The number of rotatable bonds is 2. The molecule has 0 aliphatic heterocycles. The van der Waals surface area contributed by atoms with Gasteiger partial charge >= 0.3 is 0 Å². The van der Waals surface area contributed by atoms with Gasteiger partial charge in [-0.15, -0.1) is 0 Å². The fourth-order valence-corrected chi connectivity index (χ4v) is 2.60. The lowest BCUT2D eigenvalue weighted by molar-refractivity contribution is 0.356. The van der Waals surface area contributed by atoms with Crippen molar-refractivity contribution in [1.29, 1.82) is 0 Å². The summed E-state index contributed by atoms with van der Waals surface area (Å²) in [5, 5.41) is 4.86. The third-order valence-corrected chi connectivity index (χ3v) is 3.44. The highest BCUT2D eigenvalue weighted by molar-refractivity contribution is 9.08. The number of nitrogens with zero attached hydrogens (tertiary/aromatic N) is 1. The third kappa shape index (κ3) is 1.66. The summed E-state index contributed by atoms with van der Waals surface area (Å²) < 4.78 is 5.39. The summed E-state index contributed by atoms with van der Waals surface area (Å²) in [4.78, 5) is 0. The fraction of sp³-hybridized carbons (Fsp3) is 0.700. The van der Waals surface area contributed by atoms with E-state index in [4.69, 9.17) is 4.52 Å². The molecule has 1 heterocycles. The van der Waals surface area contributed by atoms with Crippen molar-refractivity contribution in [3.63, 3.8) is 0 Å². The van der Waals surface area contributed by atoms with E-state index in [9.17, 15) is 0 Å². The number of alkyl halides is 1. The molecule has 0 saturated heterocycles. The lowest BCUT2D eigenvalue weighted by Gasteiger charge is -2.04. The van der Waals surface area contributed by atoms with Crippen molar-refractivity contribution in [2.45, 2.75) is 43.9 Å². The molecule has 13 heavy (non-hydrogen) atoms. The average Bonchev–Trinajstić information content (AvgIpc) is 2.72. The summed E-state index contributed by atoms with van der Waals surface area (Å²) >= 11 is 3.41. The smallest absolute Gasteiger partial charge is 0.143 e. The number of hydrogen-bond donors (Lipinski definition) is 0. The molecular weight excluding hydrogens is 230 g/mol. The second-order valence-electron chi connectivity index (χ2n) is 3.73. The zero-order valence-corrected chi connectivity index (χ0v) is 9.43. The van der Waals surface area contributed by atoms with E-state index in [1.165, 1.54) is 31.2 Å². The summed E-state index contributed by atoms with van der Waals surface area (Å²) in [5.41, 5.74) is 2.31. The van der Waals surface area contributed by atoms with Crippen LogP contribution in [0.4, 0.5) is 0 Å². The quantitative estimate of drug-likeness (QED) is 0.743. The predicted molar refractivity (Wildman–Crippen MR) is 55.1 cm³/mol. The van der Waals surface area contributed by atoms with Crippen LogP contribution in [0.5, 0.6) is 0 Å². The van der Waals surface area contributed by atoms with Gasteiger partial charge in [0.15, 0.2) is 0 Å². The van der Waals surface area contributed by atoms with Gasteiger partial charge in [-0.1, -0.05) is 33.9 Å². The molecule has 1 aromatic rings. The zero-order valence-electron chi connectivity index (χ0n) is 7.85. The Bertz CT molecular complexity index is 289. The Labute approximate surface area is 86.8 Å². The molecule has 1 aliphatic rings. The van der Waals surface area contributed by atoms with Crippen LogP contribution >= 0.6 is 15.9 Å². The Hall–Kier alpha value is -0.310. The minimum atomic E-state index is 0.639. The molecule has 72 valence electrons. The number of aromatic nitrogens is 1. The molecule has 0 atom stereocenters. The fourth-order valence-electron chi connectivity index (χ4n) is 2.08. The maximum atomic E-state index is 5.39. The van der Waals surface area contributed by atoms with Crippen molar-refractivity contribution in [1.82, 2.24) is 5.16 Å². The van der Waals surface area contributed by atoms with E-state index in [0.717, 1.165) is 16.8 Å². The van der Waals surface area contributed by atoms with Gasteiger partial charge in [-0.05, 0) is 19.8 Å². The molecule has 0 aromatic carbocycles. The Morgan fingerprint density at radius 3 is 2.69 bits per heavy atom. The monoisotopic (exact) mass is 243 g/mol. The zero-order chi connectivity index (χ0) is 9.26. The van der Waals surface area contributed by atoms with Crippen LogP contribution in [-0.2, 0) is 5.33 Å². The molecular formula is C10H14BrNO. The van der Waals surface area contributed by atoms with Crippen molar-refractivity contribution in [3.8, 4) is 0 Å². The van der Waals surface area contributed by atoms with Crippen molar-refractivity contribution >= 4 is 15.9 Å². The maximum absolute atomic E-state index is 5.39. The van der Waals surface area contributed by atoms with Crippen LogP contribution in [-0.4, -0.2) is 5.16 Å². The van der Waals surface area contributed by atoms with E-state index in [2.05, 4.69) is 28.0 Å². The summed E-state index contributed by atoms with van der Waals surface area (Å²) in [5.74, 6) is 1.77. The van der Waals surface area contributed by atoms with Crippen LogP contribution in [0.25, 0.3) is 0 Å². The summed E-state index contributed by atoms with van der Waals surface area (Å²) in [6.07, 6.45) is 5.23. The Morgan fingerprint density at radius 1 is 1.46 bits per heavy atom. The largest absolute Gasteiger partial charge is 0.361 e. The Balaban J connectivity index is 2.24. The van der Waals surface area contributed by atoms with Gasteiger partial charge < -0.3 is 4.52 Å². The van der Waals surface area contributed by atoms with Crippen LogP contribution in [0.1, 0.15) is 48.6 Å². The predicted octanol–water partition coefficient (Wildman–Crippen LogP) is 3.54. The van der Waals surface area contributed by atoms with Crippen LogP contribution in [0, 0.1) is 6.92 Å². The van der Waals surface area contributed by atoms with Gasteiger partial charge in [-0.25, -0.2) is 0 Å². The molecule has 0 bridgehead atoms. The van der Waals surface area contributed by atoms with Crippen LogP contribution in [0.2, 0.25) is 0 Å². The molecule has 1 aromatic heterocycles. The van der Waals surface area contributed by atoms with E-state index >= 15 is 0 Å². The van der Waals surface area contributed by atoms with Gasteiger partial charge in [0.1, 0.15) is 5.76 Å². The third-order valence-electron chi connectivity index (χ3n) is 2.91. The van der Waals surface area contributed by atoms with Crippen molar-refractivity contribution < 1.29 is 4.52 Å². The second kappa shape index (κ2) is 3.82. The first-order chi connectivity index (χ1) is 6.33. The molecule has 0 amide bonds.